The first kappa shape index (κ1) is 34.8. The second-order valence-corrected chi connectivity index (χ2v) is 6.09. The Balaban J connectivity index is 3.97. The van der Waals surface area contributed by atoms with Crippen molar-refractivity contribution in [1.82, 2.24) is 0 Å². The molecule has 33 heavy (non-hydrogen) atoms. The van der Waals surface area contributed by atoms with Gasteiger partial charge in [0.1, 0.15) is 0 Å². The summed E-state index contributed by atoms with van der Waals surface area (Å²) in [5.41, 5.74) is 0. The van der Waals surface area contributed by atoms with E-state index in [9.17, 15) is 0 Å². The van der Waals surface area contributed by atoms with Crippen LogP contribution in [-0.4, -0.2) is 216 Å². The van der Waals surface area contributed by atoms with Crippen molar-refractivity contribution in [3.63, 3.8) is 0 Å². The first-order valence-electron chi connectivity index (χ1n) is 10.9. The fraction of sp³-hybridized carbons (Fsp3) is 1.00. The molecule has 1 nitrogen and oxygen atoms in total. The van der Waals surface area contributed by atoms with Crippen LogP contribution in [0.4, 0.5) is 0 Å². The van der Waals surface area contributed by atoms with Crippen LogP contribution in [0.15, 0.2) is 0 Å². The summed E-state index contributed by atoms with van der Waals surface area (Å²) < 4.78 is 4.80. The van der Waals surface area contributed by atoms with Gasteiger partial charge in [-0.2, -0.15) is 0 Å². The summed E-state index contributed by atoms with van der Waals surface area (Å²) in [6.45, 7) is 57.5. The molecule has 0 aromatic heterocycles. The molecule has 0 atom stereocenters. The SMILES string of the molecule is BB=BB=BB=BB=BB=BB=BB=BB=BB=BB=BB=BB=BB=BB=BB=BOC. The van der Waals surface area contributed by atoms with Crippen LogP contribution in [0, 0.1) is 0 Å². The molecule has 0 fully saturated rings. The molecule has 0 N–H and O–H groups in total. The van der Waals surface area contributed by atoms with E-state index in [0.717, 1.165) is 0 Å². The van der Waals surface area contributed by atoms with Crippen LogP contribution in [0.5, 0.6) is 0 Å². The Bertz CT molecular complexity index is 903. The van der Waals surface area contributed by atoms with Crippen LogP contribution in [0.3, 0.4) is 0 Å². The van der Waals surface area contributed by atoms with Crippen molar-refractivity contribution >= 4 is 209 Å². The number of rotatable bonds is 15. The van der Waals surface area contributed by atoms with E-state index >= 15 is 0 Å². The normalized spacial score (nSPS) is 7.67. The Morgan fingerprint density at radius 1 is 0.303 bits per heavy atom. The second kappa shape index (κ2) is 33.8. The van der Waals surface area contributed by atoms with Crippen LogP contribution in [-0.2, 0) is 4.65 Å². The minimum absolute atomic E-state index is 1.62. The van der Waals surface area contributed by atoms with Gasteiger partial charge in [-0.3, -0.25) is 0 Å². The summed E-state index contributed by atoms with van der Waals surface area (Å²) in [6.07, 6.45) is 0. The Kier molecular flexibility index (Phi) is 35.7. The fourth-order valence-electron chi connectivity index (χ4n) is 1.90. The van der Waals surface area contributed by atoms with Gasteiger partial charge >= 0.3 is 221 Å². The van der Waals surface area contributed by atoms with E-state index < -0.39 is 0 Å². The van der Waals surface area contributed by atoms with E-state index in [4.69, 9.17) is 4.65 Å². The molecule has 0 aromatic carbocycles. The molecule has 32 heteroatoms. The molecule has 0 aliphatic carbocycles. The first-order valence-corrected chi connectivity index (χ1v) is 10.9. The van der Waals surface area contributed by atoms with Gasteiger partial charge in [-0.05, 0) is 0 Å². The molecule has 0 saturated carbocycles. The topological polar surface area (TPSA) is 9.23 Å². The molecular weight excluding hydrogens is 363 g/mol. The van der Waals surface area contributed by atoms with Gasteiger partial charge in [-0.1, -0.05) is 0 Å². The number of hydrogen-bond donors (Lipinski definition) is 0. The van der Waals surface area contributed by atoms with Crippen molar-refractivity contribution in [1.29, 1.82) is 0 Å². The van der Waals surface area contributed by atoms with Crippen LogP contribution >= 0.6 is 0 Å². The molecule has 0 amide bonds. The monoisotopic (exact) mass is 374 g/mol. The Labute approximate surface area is 219 Å². The molecule has 0 aliphatic rings. The van der Waals surface area contributed by atoms with Crippen LogP contribution in [0.25, 0.3) is 0 Å². The predicted octanol–water partition coefficient (Wildman–Crippen LogP) is -12.2. The average molecular weight is 368 g/mol. The molecule has 0 heterocycles. The molecule has 0 radical (unpaired) electrons. The summed E-state index contributed by atoms with van der Waals surface area (Å²) in [5, 5.41) is 0. The van der Waals surface area contributed by atoms with Crippen LogP contribution < -0.4 is 0 Å². The standard InChI is InChI=1S/CH5B31O/c1-33-32-31-30-29-28-27-26-25-24-23-22-21-20-19-18-17-16-15-14-13-12-11-10-9-8-7-6-5-4-3-2/h2H2,1H3. The quantitative estimate of drug-likeness (QED) is 0.261. The van der Waals surface area contributed by atoms with Gasteiger partial charge in [0, 0.05) is 0 Å². The van der Waals surface area contributed by atoms with Gasteiger partial charge in [0.05, 0.1) is 0 Å². The van der Waals surface area contributed by atoms with Crippen molar-refractivity contribution in [3.05, 3.63) is 0 Å². The average Bonchev–Trinajstić information content (AvgIpc) is 2.83. The third-order valence-corrected chi connectivity index (χ3v) is 3.41. The van der Waals surface area contributed by atoms with Crippen molar-refractivity contribution in [2.24, 2.45) is 0 Å². The van der Waals surface area contributed by atoms with Crippen molar-refractivity contribution < 1.29 is 4.65 Å². The molecule has 0 rings (SSSR count). The summed E-state index contributed by atoms with van der Waals surface area (Å²) >= 11 is 0. The molecule has 0 aliphatic heterocycles. The van der Waals surface area contributed by atoms with Crippen LogP contribution in [0.2, 0.25) is 0 Å². The Morgan fingerprint density at radius 2 is 0.485 bits per heavy atom. The van der Waals surface area contributed by atoms with E-state index in [0.29, 0.717) is 0 Å². The van der Waals surface area contributed by atoms with E-state index in [2.05, 4.69) is 0 Å². The van der Waals surface area contributed by atoms with Crippen LogP contribution in [0.1, 0.15) is 0 Å². The van der Waals surface area contributed by atoms with E-state index in [1.165, 1.54) is 0 Å². The summed E-state index contributed by atoms with van der Waals surface area (Å²) in [6, 6.07) is 0. The maximum atomic E-state index is 4.80. The van der Waals surface area contributed by atoms with Gasteiger partial charge in [0.15, 0.2) is 0 Å². The first-order chi connectivity index (χ1) is 16.4. The zero-order valence-corrected chi connectivity index (χ0v) is 19.7. The third-order valence-electron chi connectivity index (χ3n) is 3.41. The van der Waals surface area contributed by atoms with E-state index in [-0.39, 0.29) is 0 Å². The van der Waals surface area contributed by atoms with E-state index in [1.54, 1.807) is 14.1 Å². The molecule has 0 unspecified atom stereocenters. The van der Waals surface area contributed by atoms with E-state index in [1.807, 2.05) is 202 Å². The second-order valence-electron chi connectivity index (χ2n) is 6.09. The summed E-state index contributed by atoms with van der Waals surface area (Å²) in [5.74, 6) is 0. The molecule has 0 aromatic rings. The summed E-state index contributed by atoms with van der Waals surface area (Å²) in [7, 11) is 5.25. The minimum atomic E-state index is 1.62. The van der Waals surface area contributed by atoms with Gasteiger partial charge in [-0.15, -0.1) is 0 Å². The molecule has 108 valence electrons. The summed E-state index contributed by atoms with van der Waals surface area (Å²) in [4.78, 5) is 0. The van der Waals surface area contributed by atoms with Gasteiger partial charge in [0.25, 0.3) is 0 Å². The molecule has 0 bridgehead atoms. The van der Waals surface area contributed by atoms with Crippen molar-refractivity contribution in [2.75, 3.05) is 7.11 Å². The number of hydrogen-bond acceptors (Lipinski definition) is 1. The van der Waals surface area contributed by atoms with Gasteiger partial charge < -0.3 is 0 Å². The van der Waals surface area contributed by atoms with Crippen molar-refractivity contribution in [3.8, 4) is 0 Å². The fourth-order valence-corrected chi connectivity index (χ4v) is 1.90. The molecule has 0 spiro atoms. The zero-order valence-electron chi connectivity index (χ0n) is 19.7. The molecular formula is CH5B31O. The van der Waals surface area contributed by atoms with Gasteiger partial charge in [0.2, 0.25) is 0 Å². The maximum absolute atomic E-state index is 4.80. The van der Waals surface area contributed by atoms with Gasteiger partial charge in [-0.25, -0.2) is 0 Å². The Morgan fingerprint density at radius 3 is 0.667 bits per heavy atom. The third kappa shape index (κ3) is 33.8. The van der Waals surface area contributed by atoms with Crippen molar-refractivity contribution in [2.45, 2.75) is 0 Å². The molecule has 0 saturated heterocycles. The zero-order chi connectivity index (χ0) is 23.9. The predicted molar refractivity (Wildman–Crippen MR) is 188 cm³/mol. The Hall–Kier alpha value is 1.81.